The molecule has 7 heteroatoms. The fourth-order valence-electron chi connectivity index (χ4n) is 2.46. The van der Waals surface area contributed by atoms with Crippen molar-refractivity contribution in [3.05, 3.63) is 40.9 Å². The van der Waals surface area contributed by atoms with Crippen LogP contribution in [-0.4, -0.2) is 61.4 Å². The van der Waals surface area contributed by atoms with Crippen LogP contribution in [0.5, 0.6) is 0 Å². The summed E-state index contributed by atoms with van der Waals surface area (Å²) in [6.45, 7) is 5.98. The maximum atomic E-state index is 12.2. The third-order valence-corrected chi connectivity index (χ3v) is 4.36. The second-order valence-corrected chi connectivity index (χ2v) is 6.21. The van der Waals surface area contributed by atoms with E-state index in [1.54, 1.807) is 24.1 Å². The third-order valence-electron chi connectivity index (χ3n) is 3.80. The van der Waals surface area contributed by atoms with Crippen LogP contribution in [-0.2, 0) is 9.59 Å². The lowest BCUT2D eigenvalue weighted by Crippen LogP contribution is -2.51. The summed E-state index contributed by atoms with van der Waals surface area (Å²) in [6.07, 6.45) is 1.20. The molecule has 1 heterocycles. The summed E-state index contributed by atoms with van der Waals surface area (Å²) in [7, 11) is 1.59. The van der Waals surface area contributed by atoms with Crippen molar-refractivity contribution in [2.75, 3.05) is 44.7 Å². The zero-order chi connectivity index (χ0) is 17.0. The first-order valence-corrected chi connectivity index (χ1v) is 8.03. The van der Waals surface area contributed by atoms with E-state index in [1.165, 1.54) is 11.0 Å². The van der Waals surface area contributed by atoms with Gasteiger partial charge in [0.1, 0.15) is 0 Å². The van der Waals surface area contributed by atoms with Gasteiger partial charge in [0.2, 0.25) is 11.8 Å². The Hall–Kier alpha value is -1.72. The molecule has 0 aliphatic carbocycles. The number of rotatable bonds is 4. The van der Waals surface area contributed by atoms with Gasteiger partial charge >= 0.3 is 0 Å². The second-order valence-electron chi connectivity index (χ2n) is 5.36. The van der Waals surface area contributed by atoms with Gasteiger partial charge in [-0.25, -0.2) is 0 Å². The fraction of sp³-hybridized carbons (Fsp3) is 0.375. The van der Waals surface area contributed by atoms with Crippen LogP contribution in [0.15, 0.2) is 30.9 Å². The summed E-state index contributed by atoms with van der Waals surface area (Å²) >= 11 is 12.2. The number of carbonyl (C=O) groups excluding carboxylic acids is 2. The van der Waals surface area contributed by atoms with Crippen LogP contribution in [0.25, 0.3) is 0 Å². The topological polar surface area (TPSA) is 43.9 Å². The van der Waals surface area contributed by atoms with Crippen molar-refractivity contribution in [2.24, 2.45) is 0 Å². The molecular formula is C16H19Cl2N3O2. The molecule has 124 valence electrons. The molecule has 0 N–H and O–H groups in total. The molecule has 1 aliphatic heterocycles. The van der Waals surface area contributed by atoms with E-state index in [1.807, 2.05) is 6.07 Å². The minimum atomic E-state index is -0.261. The molecule has 2 amide bonds. The summed E-state index contributed by atoms with van der Waals surface area (Å²) in [5, 5.41) is 1.28. The highest BCUT2D eigenvalue weighted by Gasteiger charge is 2.23. The number of carbonyl (C=O) groups is 2. The van der Waals surface area contributed by atoms with Gasteiger partial charge in [-0.15, -0.1) is 0 Å². The number of hydrogen-bond donors (Lipinski definition) is 0. The Morgan fingerprint density at radius 1 is 1.26 bits per heavy atom. The van der Waals surface area contributed by atoms with E-state index in [9.17, 15) is 9.59 Å². The molecule has 0 radical (unpaired) electrons. The quantitative estimate of drug-likeness (QED) is 0.778. The first-order valence-electron chi connectivity index (χ1n) is 7.27. The van der Waals surface area contributed by atoms with E-state index in [2.05, 4.69) is 11.5 Å². The normalized spacial score (nSPS) is 14.6. The Kier molecular flexibility index (Phi) is 5.91. The molecule has 1 aliphatic rings. The molecule has 23 heavy (non-hydrogen) atoms. The van der Waals surface area contributed by atoms with Crippen LogP contribution < -0.4 is 4.90 Å². The van der Waals surface area contributed by atoms with E-state index in [-0.39, 0.29) is 18.4 Å². The average molecular weight is 356 g/mol. The molecule has 0 spiro atoms. The van der Waals surface area contributed by atoms with Crippen LogP contribution in [0.3, 0.4) is 0 Å². The highest BCUT2D eigenvalue weighted by molar-refractivity contribution is 6.35. The molecule has 0 aromatic heterocycles. The average Bonchev–Trinajstić information content (AvgIpc) is 2.56. The van der Waals surface area contributed by atoms with Crippen LogP contribution in [0.4, 0.5) is 5.69 Å². The number of amides is 2. The standard InChI is InChI=1S/C16H19Cl2N3O2/c1-3-15(22)19(2)11-16(23)21-8-6-20(7-9-21)14-10-12(17)4-5-13(14)18/h3-5,10H,1,6-9,11H2,2H3. The maximum Gasteiger partial charge on any atom is 0.246 e. The molecule has 1 aromatic rings. The van der Waals surface area contributed by atoms with Crippen molar-refractivity contribution in [1.82, 2.24) is 9.80 Å². The summed E-state index contributed by atoms with van der Waals surface area (Å²) < 4.78 is 0. The van der Waals surface area contributed by atoms with Crippen molar-refractivity contribution < 1.29 is 9.59 Å². The first kappa shape index (κ1) is 17.6. The van der Waals surface area contributed by atoms with Gasteiger partial charge in [-0.3, -0.25) is 9.59 Å². The second kappa shape index (κ2) is 7.70. The molecule has 0 bridgehead atoms. The van der Waals surface area contributed by atoms with Crippen molar-refractivity contribution in [2.45, 2.75) is 0 Å². The number of anilines is 1. The van der Waals surface area contributed by atoms with E-state index >= 15 is 0 Å². The van der Waals surface area contributed by atoms with Gasteiger partial charge < -0.3 is 14.7 Å². The lowest BCUT2D eigenvalue weighted by atomic mass is 10.2. The Morgan fingerprint density at radius 2 is 1.91 bits per heavy atom. The first-order chi connectivity index (χ1) is 10.9. The van der Waals surface area contributed by atoms with E-state index < -0.39 is 0 Å². The molecule has 5 nitrogen and oxygen atoms in total. The van der Waals surface area contributed by atoms with Gasteiger partial charge in [-0.1, -0.05) is 29.8 Å². The van der Waals surface area contributed by atoms with Crippen molar-refractivity contribution >= 4 is 40.7 Å². The Bertz CT molecular complexity index is 613. The summed E-state index contributed by atoms with van der Waals surface area (Å²) in [5.41, 5.74) is 0.880. The molecule has 0 unspecified atom stereocenters. The number of nitrogens with zero attached hydrogens (tertiary/aromatic N) is 3. The molecule has 0 saturated carbocycles. The van der Waals surface area contributed by atoms with Crippen molar-refractivity contribution in [1.29, 1.82) is 0 Å². The number of benzene rings is 1. The zero-order valence-corrected chi connectivity index (χ0v) is 14.5. The Morgan fingerprint density at radius 3 is 2.52 bits per heavy atom. The minimum Gasteiger partial charge on any atom is -0.367 e. The Balaban J connectivity index is 1.93. The maximum absolute atomic E-state index is 12.2. The van der Waals surface area contributed by atoms with Gasteiger partial charge in [0.05, 0.1) is 17.3 Å². The lowest BCUT2D eigenvalue weighted by Gasteiger charge is -2.37. The largest absolute Gasteiger partial charge is 0.367 e. The molecule has 1 saturated heterocycles. The summed E-state index contributed by atoms with van der Waals surface area (Å²) in [5.74, 6) is -0.331. The SMILES string of the molecule is C=CC(=O)N(C)CC(=O)N1CCN(c2cc(Cl)ccc2Cl)CC1. The number of piperazine rings is 1. The van der Waals surface area contributed by atoms with Gasteiger partial charge in [-0.2, -0.15) is 0 Å². The van der Waals surface area contributed by atoms with Crippen molar-refractivity contribution in [3.8, 4) is 0 Å². The third kappa shape index (κ3) is 4.39. The summed E-state index contributed by atoms with van der Waals surface area (Å²) in [6, 6.07) is 5.35. The predicted molar refractivity (Wildman–Crippen MR) is 93.1 cm³/mol. The van der Waals surface area contributed by atoms with Crippen molar-refractivity contribution in [3.63, 3.8) is 0 Å². The molecule has 0 atom stereocenters. The number of hydrogen-bond acceptors (Lipinski definition) is 3. The molecule has 1 aromatic carbocycles. The van der Waals surface area contributed by atoms with Gasteiger partial charge in [-0.05, 0) is 24.3 Å². The fourth-order valence-corrected chi connectivity index (χ4v) is 2.86. The van der Waals surface area contributed by atoms with E-state index in [0.717, 1.165) is 5.69 Å². The summed E-state index contributed by atoms with van der Waals surface area (Å²) in [4.78, 5) is 28.9. The predicted octanol–water partition coefficient (Wildman–Crippen LogP) is 2.29. The van der Waals surface area contributed by atoms with E-state index in [0.29, 0.717) is 36.2 Å². The van der Waals surface area contributed by atoms with E-state index in [4.69, 9.17) is 23.2 Å². The van der Waals surface area contributed by atoms with Gasteiger partial charge in [0, 0.05) is 38.2 Å². The zero-order valence-electron chi connectivity index (χ0n) is 13.0. The molecular weight excluding hydrogens is 337 g/mol. The number of halogens is 2. The van der Waals surface area contributed by atoms with Crippen LogP contribution in [0.2, 0.25) is 10.0 Å². The number of likely N-dealkylation sites (N-methyl/N-ethyl adjacent to an activating group) is 1. The highest BCUT2D eigenvalue weighted by atomic mass is 35.5. The molecule has 1 fully saturated rings. The highest BCUT2D eigenvalue weighted by Crippen LogP contribution is 2.29. The monoisotopic (exact) mass is 355 g/mol. The van der Waals surface area contributed by atoms with Crippen LogP contribution in [0, 0.1) is 0 Å². The van der Waals surface area contributed by atoms with Crippen LogP contribution >= 0.6 is 23.2 Å². The smallest absolute Gasteiger partial charge is 0.246 e. The minimum absolute atomic E-state index is 0.0583. The van der Waals surface area contributed by atoms with Gasteiger partial charge in [0.25, 0.3) is 0 Å². The van der Waals surface area contributed by atoms with Gasteiger partial charge in [0.15, 0.2) is 0 Å². The lowest BCUT2D eigenvalue weighted by molar-refractivity contribution is -0.137. The Labute approximate surface area is 146 Å². The molecule has 2 rings (SSSR count). The van der Waals surface area contributed by atoms with Crippen LogP contribution in [0.1, 0.15) is 0 Å².